The van der Waals surface area contributed by atoms with Crippen LogP contribution in [0.3, 0.4) is 0 Å². The fourth-order valence-corrected chi connectivity index (χ4v) is 1.86. The lowest BCUT2D eigenvalue weighted by atomic mass is 10.2. The Bertz CT molecular complexity index is 666. The molecule has 0 bridgehead atoms. The van der Waals surface area contributed by atoms with Crippen molar-refractivity contribution in [3.05, 3.63) is 46.9 Å². The smallest absolute Gasteiger partial charge is 0.252 e. The maximum Gasteiger partial charge on any atom is 0.252 e. The highest BCUT2D eigenvalue weighted by atomic mass is 35.5. The highest BCUT2D eigenvalue weighted by Gasteiger charge is 2.13. The molecule has 0 saturated heterocycles. The Morgan fingerprint density at radius 1 is 1.41 bits per heavy atom. The Labute approximate surface area is 131 Å². The van der Waals surface area contributed by atoms with E-state index in [4.69, 9.17) is 22.1 Å². The first-order valence-corrected chi connectivity index (χ1v) is 6.82. The quantitative estimate of drug-likeness (QED) is 0.850. The molecule has 0 aliphatic carbocycles. The summed E-state index contributed by atoms with van der Waals surface area (Å²) in [7, 11) is 0. The molecule has 0 spiro atoms. The van der Waals surface area contributed by atoms with Crippen LogP contribution in [0, 0.1) is 5.82 Å². The summed E-state index contributed by atoms with van der Waals surface area (Å²) >= 11 is 5.68. The van der Waals surface area contributed by atoms with Crippen LogP contribution in [0.25, 0.3) is 0 Å². The predicted molar refractivity (Wildman–Crippen MR) is 80.5 cm³/mol. The second-order valence-corrected chi connectivity index (χ2v) is 4.94. The maximum absolute atomic E-state index is 12.8. The second kappa shape index (κ2) is 7.04. The van der Waals surface area contributed by atoms with Gasteiger partial charge in [0.05, 0.1) is 12.1 Å². The molecular formula is C14H14ClFN4O2. The number of benzene rings is 1. The minimum Gasteiger partial charge on any atom is -0.489 e. The van der Waals surface area contributed by atoms with Crippen LogP contribution in [0.1, 0.15) is 17.3 Å². The van der Waals surface area contributed by atoms with E-state index in [-0.39, 0.29) is 28.5 Å². The van der Waals surface area contributed by atoms with Crippen molar-refractivity contribution < 1.29 is 13.9 Å². The molecular weight excluding hydrogens is 311 g/mol. The molecule has 1 unspecified atom stereocenters. The maximum atomic E-state index is 12.8. The minimum absolute atomic E-state index is 0.0787. The number of hydrogen-bond donors (Lipinski definition) is 2. The van der Waals surface area contributed by atoms with E-state index in [0.717, 1.165) is 0 Å². The molecule has 3 N–H and O–H groups in total. The number of anilines is 1. The summed E-state index contributed by atoms with van der Waals surface area (Å²) in [5.74, 6) is -0.230. The summed E-state index contributed by atoms with van der Waals surface area (Å²) in [6, 6.07) is 7.02. The van der Waals surface area contributed by atoms with E-state index >= 15 is 0 Å². The molecule has 6 nitrogen and oxygen atoms in total. The molecule has 1 heterocycles. The summed E-state index contributed by atoms with van der Waals surface area (Å²) in [4.78, 5) is 11.3. The van der Waals surface area contributed by atoms with E-state index in [2.05, 4.69) is 15.5 Å². The molecule has 0 radical (unpaired) electrons. The second-order valence-electron chi connectivity index (χ2n) is 4.56. The van der Waals surface area contributed by atoms with Crippen molar-refractivity contribution in [2.24, 2.45) is 5.73 Å². The van der Waals surface area contributed by atoms with Crippen LogP contribution in [0.2, 0.25) is 5.15 Å². The van der Waals surface area contributed by atoms with E-state index in [1.807, 2.05) is 6.92 Å². The lowest BCUT2D eigenvalue weighted by molar-refractivity contribution is 0.100. The van der Waals surface area contributed by atoms with Crippen LogP contribution in [0.15, 0.2) is 30.3 Å². The van der Waals surface area contributed by atoms with Gasteiger partial charge in [-0.3, -0.25) is 4.79 Å². The summed E-state index contributed by atoms with van der Waals surface area (Å²) in [6.45, 7) is 2.15. The van der Waals surface area contributed by atoms with Gasteiger partial charge in [0.2, 0.25) is 0 Å². The Hall–Kier alpha value is -2.41. The SMILES string of the molecule is CC(CNc1nnc(Cl)cc1C(N)=O)Oc1ccc(F)cc1. The van der Waals surface area contributed by atoms with Gasteiger partial charge in [-0.05, 0) is 37.3 Å². The number of nitrogens with two attached hydrogens (primary N) is 1. The van der Waals surface area contributed by atoms with Gasteiger partial charge in [0, 0.05) is 0 Å². The third-order valence-electron chi connectivity index (χ3n) is 2.74. The molecule has 1 aromatic carbocycles. The third-order valence-corrected chi connectivity index (χ3v) is 2.92. The van der Waals surface area contributed by atoms with Gasteiger partial charge in [-0.2, -0.15) is 0 Å². The third kappa shape index (κ3) is 4.29. The normalized spacial score (nSPS) is 11.8. The van der Waals surface area contributed by atoms with Crippen molar-refractivity contribution in [2.45, 2.75) is 13.0 Å². The molecule has 0 fully saturated rings. The van der Waals surface area contributed by atoms with Gasteiger partial charge in [-0.15, -0.1) is 10.2 Å². The Kier molecular flexibility index (Phi) is 5.11. The Morgan fingerprint density at radius 3 is 2.73 bits per heavy atom. The molecule has 0 saturated carbocycles. The van der Waals surface area contributed by atoms with Gasteiger partial charge >= 0.3 is 0 Å². The molecule has 1 amide bonds. The number of halogens is 2. The Morgan fingerprint density at radius 2 is 2.09 bits per heavy atom. The monoisotopic (exact) mass is 324 g/mol. The first kappa shape index (κ1) is 16.0. The van der Waals surface area contributed by atoms with Crippen LogP contribution in [-0.2, 0) is 0 Å². The molecule has 1 atom stereocenters. The van der Waals surface area contributed by atoms with Crippen molar-refractivity contribution >= 4 is 23.3 Å². The molecule has 2 aromatic rings. The van der Waals surface area contributed by atoms with Crippen LogP contribution >= 0.6 is 11.6 Å². The van der Waals surface area contributed by atoms with E-state index < -0.39 is 5.91 Å². The molecule has 0 aliphatic rings. The number of carbonyl (C=O) groups is 1. The van der Waals surface area contributed by atoms with Crippen LogP contribution in [0.5, 0.6) is 5.75 Å². The van der Waals surface area contributed by atoms with Crippen LogP contribution in [-0.4, -0.2) is 28.8 Å². The van der Waals surface area contributed by atoms with E-state index in [0.29, 0.717) is 12.3 Å². The highest BCUT2D eigenvalue weighted by Crippen LogP contribution is 2.16. The topological polar surface area (TPSA) is 90.1 Å². The molecule has 0 aliphatic heterocycles. The van der Waals surface area contributed by atoms with Crippen molar-refractivity contribution in [2.75, 3.05) is 11.9 Å². The summed E-state index contributed by atoms with van der Waals surface area (Å²) in [6.07, 6.45) is -0.260. The summed E-state index contributed by atoms with van der Waals surface area (Å²) in [5.41, 5.74) is 5.40. The number of nitrogens with zero attached hydrogens (tertiary/aromatic N) is 2. The zero-order valence-corrected chi connectivity index (χ0v) is 12.5. The highest BCUT2D eigenvalue weighted by molar-refractivity contribution is 6.29. The van der Waals surface area contributed by atoms with Gasteiger partial charge < -0.3 is 15.8 Å². The fourth-order valence-electron chi connectivity index (χ4n) is 1.71. The number of aromatic nitrogens is 2. The van der Waals surface area contributed by atoms with E-state index in [9.17, 15) is 9.18 Å². The summed E-state index contributed by atoms with van der Waals surface area (Å²) in [5, 5.41) is 10.4. The lowest BCUT2D eigenvalue weighted by Crippen LogP contribution is -2.25. The van der Waals surface area contributed by atoms with Crippen molar-refractivity contribution in [3.8, 4) is 5.75 Å². The fraction of sp³-hybridized carbons (Fsp3) is 0.214. The van der Waals surface area contributed by atoms with Crippen molar-refractivity contribution in [3.63, 3.8) is 0 Å². The number of ether oxygens (including phenoxy) is 1. The largest absolute Gasteiger partial charge is 0.489 e. The summed E-state index contributed by atoms with van der Waals surface area (Å²) < 4.78 is 18.4. The number of carbonyl (C=O) groups excluding carboxylic acids is 1. The van der Waals surface area contributed by atoms with Crippen molar-refractivity contribution in [1.82, 2.24) is 10.2 Å². The standard InChI is InChI=1S/C14H14ClFN4O2/c1-8(22-10-4-2-9(16)3-5-10)7-18-14-11(13(17)21)6-12(15)19-20-14/h2-6,8H,7H2,1H3,(H2,17,21)(H,18,20). The molecule has 1 aromatic heterocycles. The average Bonchev–Trinajstić information content (AvgIpc) is 2.48. The average molecular weight is 325 g/mol. The predicted octanol–water partition coefficient (Wildman–Crippen LogP) is 2.25. The minimum atomic E-state index is -0.661. The molecule has 22 heavy (non-hydrogen) atoms. The van der Waals surface area contributed by atoms with Gasteiger partial charge in [0.25, 0.3) is 5.91 Å². The van der Waals surface area contributed by atoms with E-state index in [1.54, 1.807) is 0 Å². The van der Waals surface area contributed by atoms with Gasteiger partial charge in [-0.1, -0.05) is 11.6 Å². The first-order chi connectivity index (χ1) is 10.5. The zero-order chi connectivity index (χ0) is 16.1. The first-order valence-electron chi connectivity index (χ1n) is 6.45. The van der Waals surface area contributed by atoms with Gasteiger partial charge in [0.1, 0.15) is 17.7 Å². The number of amides is 1. The van der Waals surface area contributed by atoms with Crippen molar-refractivity contribution in [1.29, 1.82) is 0 Å². The van der Waals surface area contributed by atoms with Gasteiger partial charge in [-0.25, -0.2) is 4.39 Å². The molecule has 2 rings (SSSR count). The Balaban J connectivity index is 1.97. The zero-order valence-electron chi connectivity index (χ0n) is 11.7. The van der Waals surface area contributed by atoms with E-state index in [1.165, 1.54) is 30.3 Å². The van der Waals surface area contributed by atoms with Crippen LogP contribution in [0.4, 0.5) is 10.2 Å². The number of rotatable bonds is 6. The molecule has 116 valence electrons. The molecule has 8 heteroatoms. The number of nitrogens with one attached hydrogen (secondary N) is 1. The van der Waals surface area contributed by atoms with Gasteiger partial charge in [0.15, 0.2) is 11.0 Å². The lowest BCUT2D eigenvalue weighted by Gasteiger charge is -2.16. The van der Waals surface area contributed by atoms with Crippen LogP contribution < -0.4 is 15.8 Å². The number of hydrogen-bond acceptors (Lipinski definition) is 5. The number of primary amides is 1.